The van der Waals surface area contributed by atoms with E-state index in [4.69, 9.17) is 0 Å². The highest BCUT2D eigenvalue weighted by Crippen LogP contribution is 2.21. The highest BCUT2D eigenvalue weighted by Gasteiger charge is 2.29. The molecule has 0 saturated heterocycles. The monoisotopic (exact) mass is 171 g/mol. The standard InChI is InChI=1S/C7H9NO4/c1-12-7(9)5-2-3-6(4-5)8(10)11/h2,6H,3-4H2,1H3. The molecule has 5 nitrogen and oxygen atoms in total. The molecule has 1 aliphatic carbocycles. The Bertz CT molecular complexity index is 246. The van der Waals surface area contributed by atoms with E-state index < -0.39 is 12.0 Å². The number of nitro groups is 1. The van der Waals surface area contributed by atoms with Gasteiger partial charge in [0.15, 0.2) is 0 Å². The van der Waals surface area contributed by atoms with Crippen molar-refractivity contribution in [1.29, 1.82) is 0 Å². The van der Waals surface area contributed by atoms with Gasteiger partial charge in [0.1, 0.15) is 0 Å². The third kappa shape index (κ3) is 1.61. The summed E-state index contributed by atoms with van der Waals surface area (Å²) in [5.74, 6) is -0.459. The Morgan fingerprint density at radius 1 is 1.83 bits per heavy atom. The van der Waals surface area contributed by atoms with E-state index in [0.717, 1.165) is 0 Å². The van der Waals surface area contributed by atoms with Gasteiger partial charge in [-0.3, -0.25) is 10.1 Å². The maximum absolute atomic E-state index is 10.9. The smallest absolute Gasteiger partial charge is 0.333 e. The van der Waals surface area contributed by atoms with Crippen LogP contribution in [0.25, 0.3) is 0 Å². The Morgan fingerprint density at radius 2 is 2.50 bits per heavy atom. The van der Waals surface area contributed by atoms with Crippen molar-refractivity contribution in [3.63, 3.8) is 0 Å². The highest BCUT2D eigenvalue weighted by atomic mass is 16.6. The second-order valence-electron chi connectivity index (χ2n) is 2.60. The highest BCUT2D eigenvalue weighted by molar-refractivity contribution is 5.88. The van der Waals surface area contributed by atoms with Crippen LogP contribution in [0.4, 0.5) is 0 Å². The van der Waals surface area contributed by atoms with Crippen LogP contribution in [0.3, 0.4) is 0 Å². The molecule has 0 aromatic carbocycles. The predicted molar refractivity (Wildman–Crippen MR) is 40.1 cm³/mol. The summed E-state index contributed by atoms with van der Waals surface area (Å²) in [6.45, 7) is 0. The zero-order chi connectivity index (χ0) is 9.14. The van der Waals surface area contributed by atoms with E-state index in [1.807, 2.05) is 0 Å². The van der Waals surface area contributed by atoms with E-state index in [9.17, 15) is 14.9 Å². The third-order valence-corrected chi connectivity index (χ3v) is 1.84. The van der Waals surface area contributed by atoms with Crippen molar-refractivity contribution in [3.05, 3.63) is 21.8 Å². The van der Waals surface area contributed by atoms with Crippen LogP contribution in [-0.2, 0) is 9.53 Å². The zero-order valence-electron chi connectivity index (χ0n) is 6.65. The molecular formula is C7H9NO4. The summed E-state index contributed by atoms with van der Waals surface area (Å²) in [7, 11) is 1.27. The Morgan fingerprint density at radius 3 is 2.92 bits per heavy atom. The molecule has 1 unspecified atom stereocenters. The molecule has 0 amide bonds. The average molecular weight is 171 g/mol. The van der Waals surface area contributed by atoms with Crippen LogP contribution < -0.4 is 0 Å². The zero-order valence-corrected chi connectivity index (χ0v) is 6.65. The van der Waals surface area contributed by atoms with Crippen molar-refractivity contribution in [1.82, 2.24) is 0 Å². The van der Waals surface area contributed by atoms with Gasteiger partial charge in [-0.25, -0.2) is 4.79 Å². The fourth-order valence-electron chi connectivity index (χ4n) is 1.16. The number of carbonyl (C=O) groups excluding carboxylic acids is 1. The lowest BCUT2D eigenvalue weighted by molar-refractivity contribution is -0.519. The lowest BCUT2D eigenvalue weighted by Gasteiger charge is -2.00. The molecule has 1 aliphatic rings. The number of nitrogens with zero attached hydrogens (tertiary/aromatic N) is 1. The van der Waals surface area contributed by atoms with Gasteiger partial charge in [-0.15, -0.1) is 0 Å². The van der Waals surface area contributed by atoms with E-state index in [0.29, 0.717) is 12.0 Å². The normalized spacial score (nSPS) is 21.8. The summed E-state index contributed by atoms with van der Waals surface area (Å²) < 4.78 is 4.43. The molecule has 0 aliphatic heterocycles. The van der Waals surface area contributed by atoms with E-state index in [1.54, 1.807) is 6.08 Å². The van der Waals surface area contributed by atoms with Crippen molar-refractivity contribution in [2.45, 2.75) is 18.9 Å². The topological polar surface area (TPSA) is 69.4 Å². The molecule has 0 aromatic heterocycles. The van der Waals surface area contributed by atoms with Gasteiger partial charge >= 0.3 is 5.97 Å². The van der Waals surface area contributed by atoms with Crippen LogP contribution in [0.2, 0.25) is 0 Å². The Kier molecular flexibility index (Phi) is 2.42. The van der Waals surface area contributed by atoms with E-state index >= 15 is 0 Å². The minimum Gasteiger partial charge on any atom is -0.466 e. The van der Waals surface area contributed by atoms with E-state index in [-0.39, 0.29) is 11.3 Å². The fraction of sp³-hybridized carbons (Fsp3) is 0.571. The van der Waals surface area contributed by atoms with Crippen LogP contribution in [-0.4, -0.2) is 24.0 Å². The van der Waals surface area contributed by atoms with Gasteiger partial charge in [-0.05, 0) is 0 Å². The average Bonchev–Trinajstić information content (AvgIpc) is 2.51. The van der Waals surface area contributed by atoms with Crippen LogP contribution in [0.1, 0.15) is 12.8 Å². The Labute approximate surface area is 69.2 Å². The molecule has 0 N–H and O–H groups in total. The second kappa shape index (κ2) is 3.34. The summed E-state index contributed by atoms with van der Waals surface area (Å²) in [6.07, 6.45) is 2.09. The SMILES string of the molecule is COC(=O)C1=CCC([N+](=O)[O-])C1. The lowest BCUT2D eigenvalue weighted by atomic mass is 10.2. The summed E-state index contributed by atoms with van der Waals surface area (Å²) >= 11 is 0. The number of esters is 1. The fourth-order valence-corrected chi connectivity index (χ4v) is 1.16. The van der Waals surface area contributed by atoms with Crippen molar-refractivity contribution >= 4 is 5.97 Å². The Balaban J connectivity index is 2.54. The number of ether oxygens (including phenoxy) is 1. The van der Waals surface area contributed by atoms with Gasteiger partial charge in [0.2, 0.25) is 6.04 Å². The molecule has 1 atom stereocenters. The molecule has 0 heterocycles. The van der Waals surface area contributed by atoms with E-state index in [1.165, 1.54) is 7.11 Å². The molecule has 0 aromatic rings. The molecule has 12 heavy (non-hydrogen) atoms. The molecule has 0 bridgehead atoms. The first-order valence-corrected chi connectivity index (χ1v) is 3.56. The van der Waals surface area contributed by atoms with Crippen LogP contribution in [0.15, 0.2) is 11.6 Å². The maximum atomic E-state index is 10.9. The molecule has 0 radical (unpaired) electrons. The van der Waals surface area contributed by atoms with Crippen molar-refractivity contribution in [2.75, 3.05) is 7.11 Å². The molecule has 1 rings (SSSR count). The first kappa shape index (κ1) is 8.70. The number of hydrogen-bond acceptors (Lipinski definition) is 4. The first-order valence-electron chi connectivity index (χ1n) is 3.56. The maximum Gasteiger partial charge on any atom is 0.333 e. The van der Waals surface area contributed by atoms with Crippen LogP contribution >= 0.6 is 0 Å². The quantitative estimate of drug-likeness (QED) is 0.345. The van der Waals surface area contributed by atoms with Gasteiger partial charge in [-0.2, -0.15) is 0 Å². The van der Waals surface area contributed by atoms with Crippen LogP contribution in [0, 0.1) is 10.1 Å². The molecule has 66 valence electrons. The van der Waals surface area contributed by atoms with Crippen molar-refractivity contribution < 1.29 is 14.5 Å². The molecular weight excluding hydrogens is 162 g/mol. The number of rotatable bonds is 2. The second-order valence-corrected chi connectivity index (χ2v) is 2.60. The van der Waals surface area contributed by atoms with Gasteiger partial charge in [0.05, 0.1) is 7.11 Å². The number of methoxy groups -OCH3 is 1. The molecule has 0 spiro atoms. The summed E-state index contributed by atoms with van der Waals surface area (Å²) in [5.41, 5.74) is 0.416. The van der Waals surface area contributed by atoms with Gasteiger partial charge in [-0.1, -0.05) is 6.08 Å². The molecule has 0 saturated carbocycles. The van der Waals surface area contributed by atoms with Gasteiger partial charge in [0, 0.05) is 23.3 Å². The minimum absolute atomic E-state index is 0.194. The van der Waals surface area contributed by atoms with Crippen molar-refractivity contribution in [3.8, 4) is 0 Å². The van der Waals surface area contributed by atoms with Crippen LogP contribution in [0.5, 0.6) is 0 Å². The van der Waals surface area contributed by atoms with Gasteiger partial charge < -0.3 is 4.74 Å². The first-order chi connectivity index (χ1) is 5.65. The predicted octanol–water partition coefficient (Wildman–Crippen LogP) is 0.525. The third-order valence-electron chi connectivity index (χ3n) is 1.84. The van der Waals surface area contributed by atoms with Crippen molar-refractivity contribution in [2.24, 2.45) is 0 Å². The van der Waals surface area contributed by atoms with Gasteiger partial charge in [0.25, 0.3) is 0 Å². The number of carbonyl (C=O) groups is 1. The summed E-state index contributed by atoms with van der Waals surface area (Å²) in [6, 6.07) is -0.640. The lowest BCUT2D eigenvalue weighted by Crippen LogP contribution is -2.16. The molecule has 5 heteroatoms. The summed E-state index contributed by atoms with van der Waals surface area (Å²) in [5, 5.41) is 10.3. The van der Waals surface area contributed by atoms with E-state index in [2.05, 4.69) is 4.74 Å². The Hall–Kier alpha value is -1.39. The minimum atomic E-state index is -0.640. The largest absolute Gasteiger partial charge is 0.466 e. The molecule has 0 fully saturated rings. The summed E-state index contributed by atoms with van der Waals surface area (Å²) in [4.78, 5) is 20.8. The number of hydrogen-bond donors (Lipinski definition) is 0.